The Labute approximate surface area is 126 Å². The van der Waals surface area contributed by atoms with Crippen LogP contribution < -0.4 is 11.1 Å². The van der Waals surface area contributed by atoms with E-state index in [2.05, 4.69) is 54.5 Å². The highest BCUT2D eigenvalue weighted by Gasteiger charge is 2.32. The maximum absolute atomic E-state index is 6.19. The molecule has 1 heterocycles. The molecule has 1 aromatic heterocycles. The van der Waals surface area contributed by atoms with Gasteiger partial charge < -0.3 is 11.1 Å². The topological polar surface area (TPSA) is 50.9 Å². The standard InChI is InChI=1S/C18H23N3/c1-3-20-17(16-12(2)10-11-21-18(16)19)15-9-8-13-6-4-5-7-14(13)15/h4-7,10-11,15,17,20H,3,8-9H2,1-2H3,(H2,19,21). The Kier molecular flexibility index (Phi) is 3.93. The van der Waals surface area contributed by atoms with E-state index in [1.807, 2.05) is 0 Å². The van der Waals surface area contributed by atoms with Gasteiger partial charge in [0.1, 0.15) is 5.82 Å². The van der Waals surface area contributed by atoms with Crippen LogP contribution >= 0.6 is 0 Å². The molecule has 0 fully saturated rings. The third kappa shape index (κ3) is 2.54. The molecule has 0 amide bonds. The first-order chi connectivity index (χ1) is 10.2. The number of hydrogen-bond acceptors (Lipinski definition) is 3. The van der Waals surface area contributed by atoms with E-state index >= 15 is 0 Å². The molecule has 3 heteroatoms. The van der Waals surface area contributed by atoms with Crippen LogP contribution in [-0.4, -0.2) is 11.5 Å². The average Bonchev–Trinajstić information content (AvgIpc) is 2.90. The lowest BCUT2D eigenvalue weighted by Crippen LogP contribution is -2.28. The van der Waals surface area contributed by atoms with Crippen LogP contribution in [0.25, 0.3) is 0 Å². The van der Waals surface area contributed by atoms with E-state index in [1.165, 1.54) is 28.7 Å². The van der Waals surface area contributed by atoms with Crippen LogP contribution in [0.15, 0.2) is 36.5 Å². The Balaban J connectivity index is 2.04. The first kappa shape index (κ1) is 14.1. The van der Waals surface area contributed by atoms with Crippen LogP contribution in [0, 0.1) is 6.92 Å². The molecule has 1 aromatic carbocycles. The third-order valence-corrected chi connectivity index (χ3v) is 4.56. The predicted octanol–water partition coefficient (Wildman–Crippen LogP) is 3.35. The Bertz CT molecular complexity index is 616. The van der Waals surface area contributed by atoms with Crippen LogP contribution in [0.3, 0.4) is 0 Å². The van der Waals surface area contributed by atoms with Crippen molar-refractivity contribution in [2.24, 2.45) is 0 Å². The number of fused-ring (bicyclic) bond motifs is 1. The normalized spacial score (nSPS) is 18.5. The van der Waals surface area contributed by atoms with Crippen molar-refractivity contribution >= 4 is 5.82 Å². The number of benzene rings is 1. The Morgan fingerprint density at radius 3 is 2.90 bits per heavy atom. The maximum Gasteiger partial charge on any atom is 0.128 e. The Morgan fingerprint density at radius 2 is 2.14 bits per heavy atom. The number of nitrogen functional groups attached to an aromatic ring is 1. The van der Waals surface area contributed by atoms with E-state index < -0.39 is 0 Å². The highest BCUT2D eigenvalue weighted by molar-refractivity contribution is 5.49. The summed E-state index contributed by atoms with van der Waals surface area (Å²) in [4.78, 5) is 4.31. The molecule has 0 saturated carbocycles. The summed E-state index contributed by atoms with van der Waals surface area (Å²) in [6.45, 7) is 5.20. The quantitative estimate of drug-likeness (QED) is 0.903. The molecule has 1 aliphatic carbocycles. The van der Waals surface area contributed by atoms with Gasteiger partial charge >= 0.3 is 0 Å². The zero-order valence-corrected chi connectivity index (χ0v) is 12.8. The number of nitrogens with one attached hydrogen (secondary N) is 1. The van der Waals surface area contributed by atoms with Crippen LogP contribution in [0.2, 0.25) is 0 Å². The summed E-state index contributed by atoms with van der Waals surface area (Å²) in [6.07, 6.45) is 4.12. The second-order valence-electron chi connectivity index (χ2n) is 5.81. The molecule has 3 N–H and O–H groups in total. The van der Waals surface area contributed by atoms with Crippen LogP contribution in [0.4, 0.5) is 5.82 Å². The summed E-state index contributed by atoms with van der Waals surface area (Å²) >= 11 is 0. The molecule has 0 saturated heterocycles. The van der Waals surface area contributed by atoms with E-state index in [4.69, 9.17) is 5.73 Å². The van der Waals surface area contributed by atoms with Gasteiger partial charge in [-0.25, -0.2) is 4.98 Å². The van der Waals surface area contributed by atoms with Gasteiger partial charge in [-0.2, -0.15) is 0 Å². The minimum absolute atomic E-state index is 0.243. The van der Waals surface area contributed by atoms with Gasteiger partial charge in [-0.05, 0) is 49.1 Å². The van der Waals surface area contributed by atoms with Gasteiger partial charge in [0.05, 0.1) is 0 Å². The molecule has 3 nitrogen and oxygen atoms in total. The van der Waals surface area contributed by atoms with Crippen molar-refractivity contribution in [3.63, 3.8) is 0 Å². The lowest BCUT2D eigenvalue weighted by atomic mass is 9.86. The number of rotatable bonds is 4. The number of nitrogens with zero attached hydrogens (tertiary/aromatic N) is 1. The van der Waals surface area contributed by atoms with Gasteiger partial charge in [-0.1, -0.05) is 31.2 Å². The van der Waals surface area contributed by atoms with Crippen LogP contribution in [-0.2, 0) is 6.42 Å². The molecule has 0 aliphatic heterocycles. The molecule has 2 atom stereocenters. The van der Waals surface area contributed by atoms with E-state index in [1.54, 1.807) is 6.20 Å². The van der Waals surface area contributed by atoms with Crippen molar-refractivity contribution in [3.05, 3.63) is 58.8 Å². The molecule has 1 aliphatic rings. The number of hydrogen-bond donors (Lipinski definition) is 2. The summed E-state index contributed by atoms with van der Waals surface area (Å²) in [5.41, 5.74) is 11.5. The lowest BCUT2D eigenvalue weighted by Gasteiger charge is -2.28. The fourth-order valence-electron chi connectivity index (χ4n) is 3.60. The molecule has 0 spiro atoms. The molecule has 0 bridgehead atoms. The number of nitrogens with two attached hydrogens (primary N) is 1. The molecule has 2 unspecified atom stereocenters. The first-order valence-electron chi connectivity index (χ1n) is 7.74. The Hall–Kier alpha value is -1.87. The lowest BCUT2D eigenvalue weighted by molar-refractivity contribution is 0.452. The average molecular weight is 281 g/mol. The summed E-state index contributed by atoms with van der Waals surface area (Å²) in [5.74, 6) is 1.14. The van der Waals surface area contributed by atoms with Gasteiger partial charge in [0.15, 0.2) is 0 Å². The van der Waals surface area contributed by atoms with E-state index in [-0.39, 0.29) is 6.04 Å². The van der Waals surface area contributed by atoms with Crippen molar-refractivity contribution < 1.29 is 0 Å². The van der Waals surface area contributed by atoms with Crippen LogP contribution in [0.5, 0.6) is 0 Å². The van der Waals surface area contributed by atoms with Crippen LogP contribution in [0.1, 0.15) is 47.6 Å². The highest BCUT2D eigenvalue weighted by Crippen LogP contribution is 2.43. The summed E-state index contributed by atoms with van der Waals surface area (Å²) in [6, 6.07) is 11.1. The smallest absolute Gasteiger partial charge is 0.128 e. The minimum atomic E-state index is 0.243. The van der Waals surface area contributed by atoms with Crippen molar-refractivity contribution in [2.45, 2.75) is 38.6 Å². The number of likely N-dealkylation sites (N-methyl/N-ethyl adjacent to an activating group) is 1. The number of anilines is 1. The summed E-state index contributed by atoms with van der Waals surface area (Å²) < 4.78 is 0. The van der Waals surface area contributed by atoms with E-state index in [0.29, 0.717) is 11.7 Å². The maximum atomic E-state index is 6.19. The summed E-state index contributed by atoms with van der Waals surface area (Å²) in [7, 11) is 0. The van der Waals surface area contributed by atoms with Gasteiger partial charge in [-0.15, -0.1) is 0 Å². The van der Waals surface area contributed by atoms with Gasteiger partial charge in [-0.3, -0.25) is 0 Å². The third-order valence-electron chi connectivity index (χ3n) is 4.56. The summed E-state index contributed by atoms with van der Waals surface area (Å²) in [5, 5.41) is 3.64. The van der Waals surface area contributed by atoms with E-state index in [9.17, 15) is 0 Å². The monoisotopic (exact) mass is 281 g/mol. The van der Waals surface area contributed by atoms with Crippen molar-refractivity contribution in [1.29, 1.82) is 0 Å². The number of aryl methyl sites for hydroxylation is 2. The Morgan fingerprint density at radius 1 is 1.33 bits per heavy atom. The molecular weight excluding hydrogens is 258 g/mol. The number of pyridine rings is 1. The molecule has 0 radical (unpaired) electrons. The number of aromatic nitrogens is 1. The predicted molar refractivity (Wildman–Crippen MR) is 87.3 cm³/mol. The van der Waals surface area contributed by atoms with Crippen molar-refractivity contribution in [1.82, 2.24) is 10.3 Å². The molecule has 21 heavy (non-hydrogen) atoms. The fourth-order valence-corrected chi connectivity index (χ4v) is 3.60. The zero-order valence-electron chi connectivity index (χ0n) is 12.8. The zero-order chi connectivity index (χ0) is 14.8. The fraction of sp³-hybridized carbons (Fsp3) is 0.389. The first-order valence-corrected chi connectivity index (χ1v) is 7.74. The molecule has 3 rings (SSSR count). The molecule has 2 aromatic rings. The van der Waals surface area contributed by atoms with Crippen molar-refractivity contribution in [3.8, 4) is 0 Å². The second kappa shape index (κ2) is 5.86. The minimum Gasteiger partial charge on any atom is -0.383 e. The van der Waals surface area contributed by atoms with Crippen molar-refractivity contribution in [2.75, 3.05) is 12.3 Å². The molecular formula is C18H23N3. The van der Waals surface area contributed by atoms with E-state index in [0.717, 1.165) is 13.0 Å². The van der Waals surface area contributed by atoms with Gasteiger partial charge in [0, 0.05) is 23.7 Å². The second-order valence-corrected chi connectivity index (χ2v) is 5.81. The van der Waals surface area contributed by atoms with Gasteiger partial charge in [0.2, 0.25) is 0 Å². The SMILES string of the molecule is CCNC(c1c(C)ccnc1N)C1CCc2ccccc21. The largest absolute Gasteiger partial charge is 0.383 e. The highest BCUT2D eigenvalue weighted by atomic mass is 14.9. The van der Waals surface area contributed by atoms with Gasteiger partial charge in [0.25, 0.3) is 0 Å². The molecule has 110 valence electrons.